The van der Waals surface area contributed by atoms with Crippen LogP contribution in [0.4, 0.5) is 0 Å². The van der Waals surface area contributed by atoms with Crippen LogP contribution in [-0.2, 0) is 7.05 Å². The van der Waals surface area contributed by atoms with Crippen LogP contribution >= 0.6 is 0 Å². The van der Waals surface area contributed by atoms with Crippen LogP contribution in [0.5, 0.6) is 0 Å². The second kappa shape index (κ2) is 4.10. The molecule has 2 bridgehead atoms. The van der Waals surface area contributed by atoms with E-state index >= 15 is 0 Å². The first-order valence-electron chi connectivity index (χ1n) is 6.65. The number of piperidine rings is 1. The van der Waals surface area contributed by atoms with Gasteiger partial charge in [-0.1, -0.05) is 0 Å². The highest BCUT2D eigenvalue weighted by Crippen LogP contribution is 2.42. The van der Waals surface area contributed by atoms with Crippen molar-refractivity contribution in [2.24, 2.45) is 18.7 Å². The zero-order valence-electron chi connectivity index (χ0n) is 10.8. The summed E-state index contributed by atoms with van der Waals surface area (Å²) in [6, 6.07) is 1.15. The van der Waals surface area contributed by atoms with Crippen LogP contribution in [0.25, 0.3) is 0 Å². The minimum absolute atomic E-state index is 0.374. The Kier molecular flexibility index (Phi) is 2.71. The Labute approximate surface area is 103 Å². The standard InChI is InChI=1S/C13H22N4/c1-9-12(8-16(2)15-9)13(6-14)17-7-10-3-4-11(17)5-10/h8,10-11,13H,3-7,14H2,1-2H3. The molecule has 1 aromatic heterocycles. The fraction of sp³-hybridized carbons (Fsp3) is 0.769. The van der Waals surface area contributed by atoms with Crippen molar-refractivity contribution in [3.05, 3.63) is 17.5 Å². The maximum absolute atomic E-state index is 6.02. The maximum atomic E-state index is 6.02. The number of aromatic nitrogens is 2. The lowest BCUT2D eigenvalue weighted by molar-refractivity contribution is 0.152. The van der Waals surface area contributed by atoms with E-state index in [1.807, 2.05) is 11.7 Å². The van der Waals surface area contributed by atoms with Crippen molar-refractivity contribution in [2.75, 3.05) is 13.1 Å². The second-order valence-electron chi connectivity index (χ2n) is 5.62. The molecule has 17 heavy (non-hydrogen) atoms. The van der Waals surface area contributed by atoms with E-state index in [0.29, 0.717) is 12.6 Å². The molecule has 94 valence electrons. The Balaban J connectivity index is 1.86. The Hall–Kier alpha value is -0.870. The van der Waals surface area contributed by atoms with E-state index in [2.05, 4.69) is 23.1 Å². The quantitative estimate of drug-likeness (QED) is 0.855. The van der Waals surface area contributed by atoms with Gasteiger partial charge in [0.15, 0.2) is 0 Å². The number of aryl methyl sites for hydroxylation is 2. The number of nitrogens with two attached hydrogens (primary N) is 1. The zero-order valence-corrected chi connectivity index (χ0v) is 10.8. The smallest absolute Gasteiger partial charge is 0.0641 e. The molecule has 2 N–H and O–H groups in total. The first kappa shape index (κ1) is 11.2. The summed E-state index contributed by atoms with van der Waals surface area (Å²) in [4.78, 5) is 2.62. The van der Waals surface area contributed by atoms with Gasteiger partial charge in [-0.15, -0.1) is 0 Å². The van der Waals surface area contributed by atoms with E-state index in [9.17, 15) is 0 Å². The summed E-state index contributed by atoms with van der Waals surface area (Å²) in [7, 11) is 1.99. The first-order chi connectivity index (χ1) is 8.19. The van der Waals surface area contributed by atoms with Crippen LogP contribution in [-0.4, -0.2) is 33.8 Å². The third-order valence-electron chi connectivity index (χ3n) is 4.49. The van der Waals surface area contributed by atoms with Crippen LogP contribution in [0.3, 0.4) is 0 Å². The summed E-state index contributed by atoms with van der Waals surface area (Å²) in [5.41, 5.74) is 8.47. The molecular formula is C13H22N4. The Morgan fingerprint density at radius 3 is 2.82 bits per heavy atom. The summed E-state index contributed by atoms with van der Waals surface area (Å²) in [5, 5.41) is 4.45. The molecule has 1 aromatic rings. The van der Waals surface area contributed by atoms with Gasteiger partial charge in [-0.2, -0.15) is 5.10 Å². The highest BCUT2D eigenvalue weighted by Gasteiger charge is 2.41. The predicted molar refractivity (Wildman–Crippen MR) is 67.6 cm³/mol. The molecule has 4 heteroatoms. The van der Waals surface area contributed by atoms with Gasteiger partial charge < -0.3 is 5.73 Å². The van der Waals surface area contributed by atoms with Crippen LogP contribution in [0.2, 0.25) is 0 Å². The van der Waals surface area contributed by atoms with Gasteiger partial charge >= 0.3 is 0 Å². The monoisotopic (exact) mass is 234 g/mol. The molecule has 0 aromatic carbocycles. The van der Waals surface area contributed by atoms with Gasteiger partial charge in [-0.25, -0.2) is 0 Å². The average Bonchev–Trinajstić information content (AvgIpc) is 2.96. The van der Waals surface area contributed by atoms with Crippen molar-refractivity contribution in [1.29, 1.82) is 0 Å². The number of likely N-dealkylation sites (tertiary alicyclic amines) is 1. The minimum atomic E-state index is 0.374. The molecule has 3 rings (SSSR count). The molecular weight excluding hydrogens is 212 g/mol. The second-order valence-corrected chi connectivity index (χ2v) is 5.62. The lowest BCUT2D eigenvalue weighted by atomic mass is 10.0. The topological polar surface area (TPSA) is 47.1 Å². The van der Waals surface area contributed by atoms with E-state index in [0.717, 1.165) is 17.7 Å². The number of fused-ring (bicyclic) bond motifs is 2. The van der Waals surface area contributed by atoms with Crippen molar-refractivity contribution in [1.82, 2.24) is 14.7 Å². The summed E-state index contributed by atoms with van der Waals surface area (Å²) < 4.78 is 1.90. The molecule has 2 heterocycles. The molecule has 1 saturated carbocycles. The third-order valence-corrected chi connectivity index (χ3v) is 4.49. The molecule has 1 aliphatic carbocycles. The van der Waals surface area contributed by atoms with Crippen molar-refractivity contribution < 1.29 is 0 Å². The van der Waals surface area contributed by atoms with E-state index < -0.39 is 0 Å². The van der Waals surface area contributed by atoms with Gasteiger partial charge in [0.1, 0.15) is 0 Å². The fourth-order valence-electron chi connectivity index (χ4n) is 3.73. The van der Waals surface area contributed by atoms with Gasteiger partial charge in [-0.3, -0.25) is 9.58 Å². The molecule has 3 atom stereocenters. The van der Waals surface area contributed by atoms with E-state index in [4.69, 9.17) is 5.73 Å². The molecule has 1 saturated heterocycles. The molecule has 0 radical (unpaired) electrons. The summed E-state index contributed by atoms with van der Waals surface area (Å²) in [5.74, 6) is 0.922. The van der Waals surface area contributed by atoms with Crippen LogP contribution in [0, 0.1) is 12.8 Å². The van der Waals surface area contributed by atoms with Crippen LogP contribution in [0.15, 0.2) is 6.20 Å². The Morgan fingerprint density at radius 1 is 1.53 bits per heavy atom. The molecule has 2 fully saturated rings. The summed E-state index contributed by atoms with van der Waals surface area (Å²) in [6.45, 7) is 4.03. The average molecular weight is 234 g/mol. The zero-order chi connectivity index (χ0) is 12.0. The third kappa shape index (κ3) is 1.79. The van der Waals surface area contributed by atoms with Crippen molar-refractivity contribution in [2.45, 2.75) is 38.3 Å². The van der Waals surface area contributed by atoms with Crippen molar-refractivity contribution >= 4 is 0 Å². The van der Waals surface area contributed by atoms with Gasteiger partial charge in [0.25, 0.3) is 0 Å². The molecule has 3 unspecified atom stereocenters. The maximum Gasteiger partial charge on any atom is 0.0641 e. The predicted octanol–water partition coefficient (Wildman–Crippen LogP) is 1.21. The largest absolute Gasteiger partial charge is 0.329 e. The lowest BCUT2D eigenvalue weighted by Crippen LogP contribution is -2.39. The number of rotatable bonds is 3. The first-order valence-corrected chi connectivity index (χ1v) is 6.65. The molecule has 4 nitrogen and oxygen atoms in total. The number of nitrogens with zero attached hydrogens (tertiary/aromatic N) is 3. The van der Waals surface area contributed by atoms with E-state index in [1.165, 1.54) is 31.4 Å². The highest BCUT2D eigenvalue weighted by molar-refractivity contribution is 5.21. The van der Waals surface area contributed by atoms with Crippen molar-refractivity contribution in [3.8, 4) is 0 Å². The molecule has 0 spiro atoms. The molecule has 1 aliphatic heterocycles. The van der Waals surface area contributed by atoms with Gasteiger partial charge in [0.05, 0.1) is 11.7 Å². The Morgan fingerprint density at radius 2 is 2.35 bits per heavy atom. The van der Waals surface area contributed by atoms with E-state index in [-0.39, 0.29) is 0 Å². The fourth-order valence-corrected chi connectivity index (χ4v) is 3.73. The highest BCUT2D eigenvalue weighted by atomic mass is 15.3. The molecule has 2 aliphatic rings. The van der Waals surface area contributed by atoms with Crippen LogP contribution in [0.1, 0.15) is 36.6 Å². The summed E-state index contributed by atoms with van der Waals surface area (Å²) in [6.07, 6.45) is 6.31. The normalized spacial score (nSPS) is 30.1. The summed E-state index contributed by atoms with van der Waals surface area (Å²) >= 11 is 0. The van der Waals surface area contributed by atoms with Gasteiger partial charge in [-0.05, 0) is 32.1 Å². The van der Waals surface area contributed by atoms with Gasteiger partial charge in [0.2, 0.25) is 0 Å². The minimum Gasteiger partial charge on any atom is -0.329 e. The lowest BCUT2D eigenvalue weighted by Gasteiger charge is -2.34. The van der Waals surface area contributed by atoms with E-state index in [1.54, 1.807) is 0 Å². The number of hydrogen-bond donors (Lipinski definition) is 1. The number of hydrogen-bond acceptors (Lipinski definition) is 3. The Bertz CT molecular complexity index is 412. The van der Waals surface area contributed by atoms with Gasteiger partial charge in [0, 0.05) is 37.9 Å². The SMILES string of the molecule is Cc1nn(C)cc1C(CN)N1CC2CCC1C2. The molecule has 0 amide bonds. The van der Waals surface area contributed by atoms with Crippen LogP contribution < -0.4 is 5.73 Å². The van der Waals surface area contributed by atoms with Crippen molar-refractivity contribution in [3.63, 3.8) is 0 Å².